The molecule has 0 unspecified atom stereocenters. The van der Waals surface area contributed by atoms with Gasteiger partial charge in [-0.3, -0.25) is 9.69 Å². The third-order valence-corrected chi connectivity index (χ3v) is 4.02. The molecule has 1 saturated heterocycles. The predicted molar refractivity (Wildman–Crippen MR) is 82.8 cm³/mol. The van der Waals surface area contributed by atoms with Gasteiger partial charge in [0.05, 0.1) is 19.9 Å². The molecule has 0 saturated carbocycles. The number of halogens is 1. The first-order valence-electron chi connectivity index (χ1n) is 7.55. The number of piperazine rings is 1. The molecule has 3 rings (SSSR count). The lowest BCUT2D eigenvalue weighted by Gasteiger charge is -2.34. The highest BCUT2D eigenvalue weighted by Gasteiger charge is 2.23. The molecule has 5 nitrogen and oxygen atoms in total. The molecule has 0 bridgehead atoms. The summed E-state index contributed by atoms with van der Waals surface area (Å²) in [4.78, 5) is 16.4. The number of hydrogen-bond acceptors (Lipinski definition) is 4. The van der Waals surface area contributed by atoms with E-state index in [-0.39, 0.29) is 11.7 Å². The van der Waals surface area contributed by atoms with E-state index in [1.54, 1.807) is 17.2 Å². The Kier molecular flexibility index (Phi) is 4.62. The van der Waals surface area contributed by atoms with Crippen LogP contribution < -0.4 is 4.74 Å². The number of methoxy groups -OCH3 is 1. The van der Waals surface area contributed by atoms with Gasteiger partial charge < -0.3 is 14.1 Å². The number of amides is 1. The standard InChI is InChI=1S/C17H19FN2O3/c1-22-16-5-4-13(11-15(16)18)17(21)20-8-6-19(7-9-20)12-14-3-2-10-23-14/h2-5,10-11H,6-9,12H2,1H3. The van der Waals surface area contributed by atoms with Crippen LogP contribution in [0.15, 0.2) is 41.0 Å². The van der Waals surface area contributed by atoms with Gasteiger partial charge >= 0.3 is 0 Å². The van der Waals surface area contributed by atoms with Crippen molar-refractivity contribution in [2.24, 2.45) is 0 Å². The second kappa shape index (κ2) is 6.83. The molecule has 122 valence electrons. The number of carbonyl (C=O) groups excluding carboxylic acids is 1. The van der Waals surface area contributed by atoms with Gasteiger partial charge in [0.15, 0.2) is 11.6 Å². The largest absolute Gasteiger partial charge is 0.494 e. The Balaban J connectivity index is 1.58. The third-order valence-electron chi connectivity index (χ3n) is 4.02. The fourth-order valence-corrected chi connectivity index (χ4v) is 2.71. The minimum Gasteiger partial charge on any atom is -0.494 e. The smallest absolute Gasteiger partial charge is 0.254 e. The summed E-state index contributed by atoms with van der Waals surface area (Å²) in [6.45, 7) is 3.52. The molecule has 23 heavy (non-hydrogen) atoms. The van der Waals surface area contributed by atoms with Gasteiger partial charge in [-0.15, -0.1) is 0 Å². The van der Waals surface area contributed by atoms with Crippen molar-refractivity contribution in [3.05, 3.63) is 53.7 Å². The van der Waals surface area contributed by atoms with Crippen molar-refractivity contribution in [3.63, 3.8) is 0 Å². The van der Waals surface area contributed by atoms with Crippen LogP contribution in [0.25, 0.3) is 0 Å². The monoisotopic (exact) mass is 318 g/mol. The van der Waals surface area contributed by atoms with Gasteiger partial charge in [-0.25, -0.2) is 4.39 Å². The molecule has 1 fully saturated rings. The van der Waals surface area contributed by atoms with Crippen LogP contribution in [0.5, 0.6) is 5.75 Å². The maximum atomic E-state index is 13.7. The number of hydrogen-bond donors (Lipinski definition) is 0. The van der Waals surface area contributed by atoms with Gasteiger partial charge in [-0.2, -0.15) is 0 Å². The van der Waals surface area contributed by atoms with E-state index in [0.29, 0.717) is 18.7 Å². The summed E-state index contributed by atoms with van der Waals surface area (Å²) in [5.41, 5.74) is 0.350. The van der Waals surface area contributed by atoms with Crippen molar-refractivity contribution in [1.82, 2.24) is 9.80 Å². The molecule has 1 aromatic heterocycles. The van der Waals surface area contributed by atoms with Crippen molar-refractivity contribution in [1.29, 1.82) is 0 Å². The van der Waals surface area contributed by atoms with Gasteiger partial charge in [0.2, 0.25) is 0 Å². The van der Waals surface area contributed by atoms with Crippen LogP contribution in [0, 0.1) is 5.82 Å². The second-order valence-electron chi connectivity index (χ2n) is 5.50. The fourth-order valence-electron chi connectivity index (χ4n) is 2.71. The van der Waals surface area contributed by atoms with Crippen molar-refractivity contribution < 1.29 is 18.3 Å². The van der Waals surface area contributed by atoms with Crippen molar-refractivity contribution in [3.8, 4) is 5.75 Å². The van der Waals surface area contributed by atoms with Gasteiger partial charge in [0.25, 0.3) is 5.91 Å². The molecule has 0 atom stereocenters. The highest BCUT2D eigenvalue weighted by atomic mass is 19.1. The first-order chi connectivity index (χ1) is 11.2. The summed E-state index contributed by atoms with van der Waals surface area (Å²) in [6, 6.07) is 8.12. The average molecular weight is 318 g/mol. The molecule has 0 spiro atoms. The summed E-state index contributed by atoms with van der Waals surface area (Å²) >= 11 is 0. The first kappa shape index (κ1) is 15.6. The normalized spacial score (nSPS) is 15.7. The number of furan rings is 1. The summed E-state index contributed by atoms with van der Waals surface area (Å²) in [5.74, 6) is 0.394. The zero-order valence-electron chi connectivity index (χ0n) is 13.0. The Morgan fingerprint density at radius 3 is 2.65 bits per heavy atom. The first-order valence-corrected chi connectivity index (χ1v) is 7.55. The van der Waals surface area contributed by atoms with Crippen LogP contribution in [0.4, 0.5) is 4.39 Å². The predicted octanol–water partition coefficient (Wildman–Crippen LogP) is 2.39. The lowest BCUT2D eigenvalue weighted by atomic mass is 10.1. The highest BCUT2D eigenvalue weighted by Crippen LogP contribution is 2.19. The van der Waals surface area contributed by atoms with E-state index in [1.165, 1.54) is 19.2 Å². The van der Waals surface area contributed by atoms with Crippen molar-refractivity contribution in [2.45, 2.75) is 6.54 Å². The Labute approximate surface area is 134 Å². The minimum atomic E-state index is -0.519. The Morgan fingerprint density at radius 2 is 2.04 bits per heavy atom. The topological polar surface area (TPSA) is 45.9 Å². The van der Waals surface area contributed by atoms with E-state index in [1.807, 2.05) is 12.1 Å². The molecule has 1 aliphatic heterocycles. The number of ether oxygens (including phenoxy) is 1. The van der Waals surface area contributed by atoms with Crippen LogP contribution in [0.3, 0.4) is 0 Å². The molecule has 0 N–H and O–H groups in total. The molecular weight excluding hydrogens is 299 g/mol. The van der Waals surface area contributed by atoms with E-state index in [2.05, 4.69) is 4.90 Å². The van der Waals surface area contributed by atoms with E-state index < -0.39 is 5.82 Å². The molecule has 1 amide bonds. The van der Waals surface area contributed by atoms with Gasteiger partial charge in [-0.1, -0.05) is 0 Å². The number of rotatable bonds is 4. The molecule has 0 radical (unpaired) electrons. The second-order valence-corrected chi connectivity index (χ2v) is 5.50. The highest BCUT2D eigenvalue weighted by molar-refractivity contribution is 5.94. The minimum absolute atomic E-state index is 0.143. The Bertz CT molecular complexity index is 664. The fraction of sp³-hybridized carbons (Fsp3) is 0.353. The average Bonchev–Trinajstić information content (AvgIpc) is 3.08. The van der Waals surface area contributed by atoms with Crippen LogP contribution in [0.1, 0.15) is 16.1 Å². The van der Waals surface area contributed by atoms with E-state index in [0.717, 1.165) is 25.4 Å². The van der Waals surface area contributed by atoms with Crippen molar-refractivity contribution in [2.75, 3.05) is 33.3 Å². The Morgan fingerprint density at radius 1 is 1.26 bits per heavy atom. The molecule has 2 aromatic rings. The number of carbonyl (C=O) groups is 1. The van der Waals surface area contributed by atoms with Crippen molar-refractivity contribution >= 4 is 5.91 Å². The van der Waals surface area contributed by atoms with Gasteiger partial charge in [-0.05, 0) is 30.3 Å². The van der Waals surface area contributed by atoms with Crippen LogP contribution in [-0.2, 0) is 6.54 Å². The maximum Gasteiger partial charge on any atom is 0.254 e. The maximum absolute atomic E-state index is 13.7. The quantitative estimate of drug-likeness (QED) is 0.868. The van der Waals surface area contributed by atoms with E-state index in [4.69, 9.17) is 9.15 Å². The molecule has 6 heteroatoms. The Hall–Kier alpha value is -2.34. The molecule has 1 aromatic carbocycles. The zero-order valence-corrected chi connectivity index (χ0v) is 13.0. The lowest BCUT2D eigenvalue weighted by Crippen LogP contribution is -2.48. The summed E-state index contributed by atoms with van der Waals surface area (Å²) < 4.78 is 24.0. The lowest BCUT2D eigenvalue weighted by molar-refractivity contribution is 0.0620. The van der Waals surface area contributed by atoms with Gasteiger partial charge in [0.1, 0.15) is 5.76 Å². The van der Waals surface area contributed by atoms with Crippen LogP contribution in [-0.4, -0.2) is 49.0 Å². The third kappa shape index (κ3) is 3.53. The molecular formula is C17H19FN2O3. The number of benzene rings is 1. The van der Waals surface area contributed by atoms with Crippen LogP contribution in [0.2, 0.25) is 0 Å². The molecule has 1 aliphatic rings. The SMILES string of the molecule is COc1ccc(C(=O)N2CCN(Cc3ccco3)CC2)cc1F. The summed E-state index contributed by atoms with van der Waals surface area (Å²) in [6.07, 6.45) is 1.66. The molecule has 2 heterocycles. The summed E-state index contributed by atoms with van der Waals surface area (Å²) in [7, 11) is 1.40. The van der Waals surface area contributed by atoms with Gasteiger partial charge in [0, 0.05) is 31.7 Å². The zero-order chi connectivity index (χ0) is 16.2. The van der Waals surface area contributed by atoms with E-state index >= 15 is 0 Å². The molecule has 0 aliphatic carbocycles. The van der Waals surface area contributed by atoms with E-state index in [9.17, 15) is 9.18 Å². The summed E-state index contributed by atoms with van der Waals surface area (Å²) in [5, 5.41) is 0. The van der Waals surface area contributed by atoms with Crippen LogP contribution >= 0.6 is 0 Å². The number of nitrogens with zero attached hydrogens (tertiary/aromatic N) is 2.